The molecule has 0 saturated carbocycles. The van der Waals surface area contributed by atoms with Gasteiger partial charge in [-0.25, -0.2) is 4.98 Å². The van der Waals surface area contributed by atoms with E-state index in [0.717, 1.165) is 0 Å². The van der Waals surface area contributed by atoms with Gasteiger partial charge < -0.3 is 4.57 Å². The van der Waals surface area contributed by atoms with Crippen molar-refractivity contribution in [1.29, 1.82) is 0 Å². The van der Waals surface area contributed by atoms with Crippen LogP contribution in [0.5, 0.6) is 0 Å². The molecule has 0 aliphatic rings. The number of hydrogen-bond donors (Lipinski definition) is 0. The summed E-state index contributed by atoms with van der Waals surface area (Å²) in [6.45, 7) is 3.40. The van der Waals surface area contributed by atoms with E-state index < -0.39 is 12.0 Å². The molecular weight excluding hydrogens is 217 g/mol. The van der Waals surface area contributed by atoms with Crippen LogP contribution in [0.3, 0.4) is 0 Å². The SMILES string of the molecule is CC(C)n1c(C(F)(F)F)nc2c[c]ccc21. The van der Waals surface area contributed by atoms with Gasteiger partial charge in [0.1, 0.15) is 0 Å². The Hall–Kier alpha value is -1.52. The van der Waals surface area contributed by atoms with Crippen LogP contribution in [0.25, 0.3) is 11.0 Å². The van der Waals surface area contributed by atoms with Gasteiger partial charge in [0.05, 0.1) is 11.0 Å². The van der Waals surface area contributed by atoms with Gasteiger partial charge in [-0.1, -0.05) is 6.07 Å². The van der Waals surface area contributed by atoms with E-state index in [0.29, 0.717) is 11.0 Å². The van der Waals surface area contributed by atoms with E-state index in [2.05, 4.69) is 11.1 Å². The molecule has 2 rings (SSSR count). The Bertz CT molecular complexity index is 511. The first-order valence-electron chi connectivity index (χ1n) is 4.86. The van der Waals surface area contributed by atoms with E-state index >= 15 is 0 Å². The van der Waals surface area contributed by atoms with Crippen molar-refractivity contribution in [2.75, 3.05) is 0 Å². The molecule has 5 heteroatoms. The zero-order chi connectivity index (χ0) is 11.9. The van der Waals surface area contributed by atoms with Crippen molar-refractivity contribution in [1.82, 2.24) is 9.55 Å². The van der Waals surface area contributed by atoms with E-state index in [4.69, 9.17) is 0 Å². The largest absolute Gasteiger partial charge is 0.449 e. The van der Waals surface area contributed by atoms with Crippen molar-refractivity contribution in [2.24, 2.45) is 0 Å². The highest BCUT2D eigenvalue weighted by molar-refractivity contribution is 5.76. The van der Waals surface area contributed by atoms with Gasteiger partial charge in [0.2, 0.25) is 5.82 Å². The van der Waals surface area contributed by atoms with Crippen molar-refractivity contribution in [3.8, 4) is 0 Å². The first kappa shape index (κ1) is 11.0. The Morgan fingerprint density at radius 1 is 1.38 bits per heavy atom. The average Bonchev–Trinajstić information content (AvgIpc) is 2.55. The zero-order valence-corrected chi connectivity index (χ0v) is 8.84. The molecule has 2 nitrogen and oxygen atoms in total. The number of alkyl halides is 3. The summed E-state index contributed by atoms with van der Waals surface area (Å²) in [5, 5.41) is 0. The van der Waals surface area contributed by atoms with Gasteiger partial charge in [-0.15, -0.1) is 0 Å². The normalized spacial score (nSPS) is 12.6. The van der Waals surface area contributed by atoms with Crippen LogP contribution in [0.15, 0.2) is 18.2 Å². The minimum Gasteiger partial charge on any atom is -0.318 e. The molecule has 0 saturated heterocycles. The summed E-state index contributed by atoms with van der Waals surface area (Å²) in [7, 11) is 0. The second kappa shape index (κ2) is 3.50. The fourth-order valence-corrected chi connectivity index (χ4v) is 1.71. The van der Waals surface area contributed by atoms with Gasteiger partial charge in [0, 0.05) is 6.04 Å². The number of nitrogens with zero attached hydrogens (tertiary/aromatic N) is 2. The van der Waals surface area contributed by atoms with E-state index in [1.165, 1.54) is 10.6 Å². The van der Waals surface area contributed by atoms with E-state index in [-0.39, 0.29) is 6.04 Å². The number of hydrogen-bond acceptors (Lipinski definition) is 1. The highest BCUT2D eigenvalue weighted by Crippen LogP contribution is 2.33. The second-order valence-electron chi connectivity index (χ2n) is 3.81. The van der Waals surface area contributed by atoms with Gasteiger partial charge in [-0.3, -0.25) is 0 Å². The number of fused-ring (bicyclic) bond motifs is 1. The molecule has 1 aromatic heterocycles. The third kappa shape index (κ3) is 1.66. The number of imidazole rings is 1. The molecule has 16 heavy (non-hydrogen) atoms. The van der Waals surface area contributed by atoms with Crippen LogP contribution in [-0.4, -0.2) is 9.55 Å². The standard InChI is InChI=1S/C11H10F3N2/c1-7(2)16-9-6-4-3-5-8(9)15-10(16)11(12,13)14/h4-7H,1-2H3. The summed E-state index contributed by atoms with van der Waals surface area (Å²) < 4.78 is 39.5. The zero-order valence-electron chi connectivity index (χ0n) is 8.84. The Morgan fingerprint density at radius 2 is 2.06 bits per heavy atom. The Morgan fingerprint density at radius 3 is 2.62 bits per heavy atom. The summed E-state index contributed by atoms with van der Waals surface area (Å²) in [6.07, 6.45) is -4.43. The van der Waals surface area contributed by atoms with Crippen LogP contribution < -0.4 is 0 Å². The maximum absolute atomic E-state index is 12.8. The van der Waals surface area contributed by atoms with Crippen LogP contribution in [0.4, 0.5) is 13.2 Å². The van der Waals surface area contributed by atoms with Gasteiger partial charge in [-0.2, -0.15) is 13.2 Å². The maximum atomic E-state index is 12.8. The van der Waals surface area contributed by atoms with Crippen molar-refractivity contribution < 1.29 is 13.2 Å². The smallest absolute Gasteiger partial charge is 0.318 e. The monoisotopic (exact) mass is 227 g/mol. The molecule has 0 unspecified atom stereocenters. The number of benzene rings is 1. The lowest BCUT2D eigenvalue weighted by Crippen LogP contribution is -2.16. The third-order valence-corrected chi connectivity index (χ3v) is 2.30. The maximum Gasteiger partial charge on any atom is 0.449 e. The van der Waals surface area contributed by atoms with Crippen LogP contribution >= 0.6 is 0 Å². The minimum absolute atomic E-state index is 0.288. The molecule has 1 radical (unpaired) electrons. The van der Waals surface area contributed by atoms with Crippen LogP contribution in [0.2, 0.25) is 0 Å². The second-order valence-corrected chi connectivity index (χ2v) is 3.81. The molecule has 1 aromatic carbocycles. The molecule has 0 aliphatic heterocycles. The molecule has 0 spiro atoms. The first-order chi connectivity index (χ1) is 7.41. The first-order valence-corrected chi connectivity index (χ1v) is 4.86. The van der Waals surface area contributed by atoms with Crippen molar-refractivity contribution in [3.63, 3.8) is 0 Å². The molecule has 0 amide bonds. The molecule has 0 atom stereocenters. The number of halogens is 3. The molecule has 0 aliphatic carbocycles. The van der Waals surface area contributed by atoms with Crippen LogP contribution in [0.1, 0.15) is 25.7 Å². The van der Waals surface area contributed by atoms with E-state index in [9.17, 15) is 13.2 Å². The predicted molar refractivity (Wildman–Crippen MR) is 54.0 cm³/mol. The van der Waals surface area contributed by atoms with Crippen LogP contribution in [-0.2, 0) is 6.18 Å². The summed E-state index contributed by atoms with van der Waals surface area (Å²) >= 11 is 0. The van der Waals surface area contributed by atoms with E-state index in [1.807, 2.05) is 0 Å². The fourth-order valence-electron chi connectivity index (χ4n) is 1.71. The fraction of sp³-hybridized carbons (Fsp3) is 0.364. The minimum atomic E-state index is -4.43. The predicted octanol–water partition coefficient (Wildman–Crippen LogP) is 3.44. The van der Waals surface area contributed by atoms with E-state index in [1.54, 1.807) is 26.0 Å². The molecule has 1 heterocycles. The third-order valence-electron chi connectivity index (χ3n) is 2.30. The lowest BCUT2D eigenvalue weighted by Gasteiger charge is -2.14. The van der Waals surface area contributed by atoms with Gasteiger partial charge in [0.25, 0.3) is 0 Å². The van der Waals surface area contributed by atoms with Gasteiger partial charge >= 0.3 is 6.18 Å². The quantitative estimate of drug-likeness (QED) is 0.729. The molecule has 0 N–H and O–H groups in total. The lowest BCUT2D eigenvalue weighted by molar-refractivity contribution is -0.147. The van der Waals surface area contributed by atoms with Gasteiger partial charge in [-0.05, 0) is 32.0 Å². The average molecular weight is 227 g/mol. The molecule has 2 aromatic rings. The molecular formula is C11H10F3N2. The number of rotatable bonds is 1. The highest BCUT2D eigenvalue weighted by atomic mass is 19.4. The Labute approximate surface area is 90.7 Å². The summed E-state index contributed by atoms with van der Waals surface area (Å²) in [4.78, 5) is 3.61. The molecule has 0 fully saturated rings. The summed E-state index contributed by atoms with van der Waals surface area (Å²) in [5.41, 5.74) is 0.810. The van der Waals surface area contributed by atoms with Crippen LogP contribution in [0, 0.1) is 6.07 Å². The summed E-state index contributed by atoms with van der Waals surface area (Å²) in [6, 6.07) is 7.08. The number of aromatic nitrogens is 2. The Balaban J connectivity index is 2.78. The molecule has 0 bridgehead atoms. The molecule has 85 valence electrons. The topological polar surface area (TPSA) is 17.8 Å². The summed E-state index contributed by atoms with van der Waals surface area (Å²) in [5.74, 6) is -0.850. The van der Waals surface area contributed by atoms with Crippen molar-refractivity contribution >= 4 is 11.0 Å². The van der Waals surface area contributed by atoms with Crippen molar-refractivity contribution in [2.45, 2.75) is 26.1 Å². The van der Waals surface area contributed by atoms with Crippen molar-refractivity contribution in [3.05, 3.63) is 30.1 Å². The Kier molecular flexibility index (Phi) is 2.40. The lowest BCUT2D eigenvalue weighted by atomic mass is 10.3. The highest BCUT2D eigenvalue weighted by Gasteiger charge is 2.38. The van der Waals surface area contributed by atoms with Gasteiger partial charge in [0.15, 0.2) is 0 Å².